The molecule has 0 aliphatic rings. The van der Waals surface area contributed by atoms with Crippen LogP contribution in [-0.2, 0) is 21.3 Å². The van der Waals surface area contributed by atoms with Crippen molar-refractivity contribution in [2.45, 2.75) is 11.4 Å². The highest BCUT2D eigenvalue weighted by Crippen LogP contribution is 2.22. The summed E-state index contributed by atoms with van der Waals surface area (Å²) in [6, 6.07) is 5.31. The van der Waals surface area contributed by atoms with Crippen LogP contribution in [0, 0.1) is 5.82 Å². The second kappa shape index (κ2) is 7.34. The lowest BCUT2D eigenvalue weighted by atomic mass is 10.3. The fourth-order valence-electron chi connectivity index (χ4n) is 1.79. The zero-order valence-corrected chi connectivity index (χ0v) is 12.8. The second-order valence-corrected chi connectivity index (χ2v) is 6.20. The van der Waals surface area contributed by atoms with Gasteiger partial charge in [-0.2, -0.15) is 5.10 Å². The Morgan fingerprint density at radius 3 is 2.86 bits per heavy atom. The van der Waals surface area contributed by atoms with Gasteiger partial charge in [0, 0.05) is 19.9 Å². The van der Waals surface area contributed by atoms with Crippen LogP contribution in [0.4, 0.5) is 10.1 Å². The van der Waals surface area contributed by atoms with Gasteiger partial charge in [-0.3, -0.25) is 5.10 Å². The van der Waals surface area contributed by atoms with E-state index in [4.69, 9.17) is 4.74 Å². The van der Waals surface area contributed by atoms with Crippen LogP contribution >= 0.6 is 0 Å². The standard InChI is InChI=1S/C13H17FN4O3S/c1-21-7-6-17-22(19,20)13-8-10(14)2-3-12(13)15-9-11-4-5-16-18-11/h2-5,8,15,17H,6-7,9H2,1H3,(H,16,18). The summed E-state index contributed by atoms with van der Waals surface area (Å²) >= 11 is 0. The van der Waals surface area contributed by atoms with Gasteiger partial charge in [-0.1, -0.05) is 0 Å². The number of nitrogens with one attached hydrogen (secondary N) is 3. The molecule has 0 saturated heterocycles. The molecule has 120 valence electrons. The average Bonchev–Trinajstić information content (AvgIpc) is 2.99. The number of anilines is 1. The van der Waals surface area contributed by atoms with E-state index in [1.54, 1.807) is 12.3 Å². The average molecular weight is 328 g/mol. The Morgan fingerprint density at radius 2 is 2.18 bits per heavy atom. The van der Waals surface area contributed by atoms with Gasteiger partial charge in [-0.25, -0.2) is 17.5 Å². The molecular formula is C13H17FN4O3S. The minimum absolute atomic E-state index is 0.106. The molecule has 22 heavy (non-hydrogen) atoms. The van der Waals surface area contributed by atoms with Gasteiger partial charge in [0.25, 0.3) is 0 Å². The molecule has 9 heteroatoms. The van der Waals surface area contributed by atoms with E-state index in [2.05, 4.69) is 20.2 Å². The first kappa shape index (κ1) is 16.4. The minimum Gasteiger partial charge on any atom is -0.383 e. The fourth-order valence-corrected chi connectivity index (χ4v) is 3.00. The smallest absolute Gasteiger partial charge is 0.242 e. The lowest BCUT2D eigenvalue weighted by molar-refractivity contribution is 0.204. The number of H-pyrrole nitrogens is 1. The van der Waals surface area contributed by atoms with E-state index in [0.29, 0.717) is 12.2 Å². The molecule has 0 amide bonds. The van der Waals surface area contributed by atoms with Crippen molar-refractivity contribution >= 4 is 15.7 Å². The number of ether oxygens (including phenoxy) is 1. The lowest BCUT2D eigenvalue weighted by Gasteiger charge is -2.13. The van der Waals surface area contributed by atoms with E-state index in [1.807, 2.05) is 0 Å². The van der Waals surface area contributed by atoms with Crippen LogP contribution in [0.25, 0.3) is 0 Å². The van der Waals surface area contributed by atoms with Gasteiger partial charge < -0.3 is 10.1 Å². The molecule has 0 radical (unpaired) electrons. The Balaban J connectivity index is 2.19. The third-order valence-electron chi connectivity index (χ3n) is 2.86. The van der Waals surface area contributed by atoms with E-state index >= 15 is 0 Å². The van der Waals surface area contributed by atoms with Crippen LogP contribution in [0.3, 0.4) is 0 Å². The topological polar surface area (TPSA) is 96.1 Å². The van der Waals surface area contributed by atoms with Gasteiger partial charge in [0.1, 0.15) is 10.7 Å². The molecule has 0 aliphatic heterocycles. The summed E-state index contributed by atoms with van der Waals surface area (Å²) < 4.78 is 45.1. The van der Waals surface area contributed by atoms with E-state index in [1.165, 1.54) is 19.2 Å². The first-order valence-electron chi connectivity index (χ1n) is 6.53. The maximum atomic E-state index is 13.4. The summed E-state index contributed by atoms with van der Waals surface area (Å²) in [5.74, 6) is -0.626. The van der Waals surface area contributed by atoms with Gasteiger partial charge in [0.15, 0.2) is 0 Å². The zero-order valence-electron chi connectivity index (χ0n) is 12.0. The zero-order chi connectivity index (χ0) is 16.0. The molecule has 0 bridgehead atoms. The van der Waals surface area contributed by atoms with Gasteiger partial charge >= 0.3 is 0 Å². The number of sulfonamides is 1. The van der Waals surface area contributed by atoms with Crippen LogP contribution < -0.4 is 10.0 Å². The number of nitrogens with zero attached hydrogens (tertiary/aromatic N) is 1. The maximum absolute atomic E-state index is 13.4. The normalized spacial score (nSPS) is 11.5. The molecule has 0 saturated carbocycles. The Morgan fingerprint density at radius 1 is 1.36 bits per heavy atom. The van der Waals surface area contributed by atoms with Crippen molar-refractivity contribution in [1.29, 1.82) is 0 Å². The third kappa shape index (κ3) is 4.26. The van der Waals surface area contributed by atoms with Gasteiger partial charge in [-0.15, -0.1) is 0 Å². The Labute approximate surface area is 127 Å². The number of rotatable bonds is 8. The number of benzene rings is 1. The van der Waals surface area contributed by atoms with Crippen LogP contribution in [0.1, 0.15) is 5.69 Å². The molecule has 0 atom stereocenters. The predicted molar refractivity (Wildman–Crippen MR) is 79.4 cm³/mol. The summed E-state index contributed by atoms with van der Waals surface area (Å²) in [6.07, 6.45) is 1.59. The summed E-state index contributed by atoms with van der Waals surface area (Å²) in [7, 11) is -2.37. The van der Waals surface area contributed by atoms with Crippen LogP contribution in [-0.4, -0.2) is 38.9 Å². The molecule has 1 heterocycles. The molecule has 3 N–H and O–H groups in total. The summed E-state index contributed by atoms with van der Waals surface area (Å²) in [5, 5.41) is 9.50. The van der Waals surface area contributed by atoms with E-state index < -0.39 is 15.8 Å². The molecule has 2 aromatic rings. The molecule has 0 fully saturated rings. The highest BCUT2D eigenvalue weighted by molar-refractivity contribution is 7.89. The number of halogens is 1. The molecule has 0 spiro atoms. The number of aromatic amines is 1. The third-order valence-corrected chi connectivity index (χ3v) is 4.36. The SMILES string of the molecule is COCCNS(=O)(=O)c1cc(F)ccc1NCc1ccn[nH]1. The predicted octanol–water partition coefficient (Wildman–Crippen LogP) is 1.09. The maximum Gasteiger partial charge on any atom is 0.242 e. The summed E-state index contributed by atoms with van der Waals surface area (Å²) in [4.78, 5) is -0.150. The second-order valence-electron chi connectivity index (χ2n) is 4.47. The quantitative estimate of drug-likeness (QED) is 0.630. The molecule has 1 aromatic heterocycles. The van der Waals surface area contributed by atoms with E-state index in [-0.39, 0.29) is 18.0 Å². The Kier molecular flexibility index (Phi) is 5.47. The van der Waals surface area contributed by atoms with E-state index in [0.717, 1.165) is 11.8 Å². The van der Waals surface area contributed by atoms with Crippen molar-refractivity contribution in [1.82, 2.24) is 14.9 Å². The minimum atomic E-state index is -3.84. The molecule has 2 rings (SSSR count). The molecule has 1 aromatic carbocycles. The Hall–Kier alpha value is -1.97. The fraction of sp³-hybridized carbons (Fsp3) is 0.308. The van der Waals surface area contributed by atoms with Crippen molar-refractivity contribution < 1.29 is 17.5 Å². The highest BCUT2D eigenvalue weighted by Gasteiger charge is 2.19. The van der Waals surface area contributed by atoms with Crippen LogP contribution in [0.5, 0.6) is 0 Å². The van der Waals surface area contributed by atoms with Crippen molar-refractivity contribution in [2.75, 3.05) is 25.6 Å². The number of hydrogen-bond acceptors (Lipinski definition) is 5. The summed E-state index contributed by atoms with van der Waals surface area (Å²) in [6.45, 7) is 0.674. The van der Waals surface area contributed by atoms with Gasteiger partial charge in [0.05, 0.1) is 24.5 Å². The largest absolute Gasteiger partial charge is 0.383 e. The van der Waals surface area contributed by atoms with Crippen molar-refractivity contribution in [3.63, 3.8) is 0 Å². The number of methoxy groups -OCH3 is 1. The molecular weight excluding hydrogens is 311 g/mol. The highest BCUT2D eigenvalue weighted by atomic mass is 32.2. The monoisotopic (exact) mass is 328 g/mol. The van der Waals surface area contributed by atoms with Crippen LogP contribution in [0.2, 0.25) is 0 Å². The van der Waals surface area contributed by atoms with Crippen molar-refractivity contribution in [3.05, 3.63) is 42.0 Å². The van der Waals surface area contributed by atoms with Crippen molar-refractivity contribution in [2.24, 2.45) is 0 Å². The van der Waals surface area contributed by atoms with Gasteiger partial charge in [0.2, 0.25) is 10.0 Å². The van der Waals surface area contributed by atoms with Crippen molar-refractivity contribution in [3.8, 4) is 0 Å². The number of aromatic nitrogens is 2. The summed E-state index contributed by atoms with van der Waals surface area (Å²) in [5.41, 5.74) is 1.08. The molecule has 0 aliphatic carbocycles. The van der Waals surface area contributed by atoms with Crippen LogP contribution in [0.15, 0.2) is 35.4 Å². The lowest BCUT2D eigenvalue weighted by Crippen LogP contribution is -2.28. The number of hydrogen-bond donors (Lipinski definition) is 3. The van der Waals surface area contributed by atoms with E-state index in [9.17, 15) is 12.8 Å². The molecule has 0 unspecified atom stereocenters. The molecule has 7 nitrogen and oxygen atoms in total. The Bertz CT molecular complexity index is 704. The first-order chi connectivity index (χ1) is 10.5. The first-order valence-corrected chi connectivity index (χ1v) is 8.01. The van der Waals surface area contributed by atoms with Gasteiger partial charge in [-0.05, 0) is 24.3 Å².